The van der Waals surface area contributed by atoms with Gasteiger partial charge in [-0.3, -0.25) is 0 Å². The second-order valence-electron chi connectivity index (χ2n) is 12.0. The molecule has 226 valence electrons. The number of fused-ring (bicyclic) bond motifs is 7. The molecule has 7 aromatic carbocycles. The van der Waals surface area contributed by atoms with Crippen molar-refractivity contribution in [3.63, 3.8) is 0 Å². The predicted octanol–water partition coefficient (Wildman–Crippen LogP) is 12.9. The van der Waals surface area contributed by atoms with Crippen molar-refractivity contribution >= 4 is 81.6 Å². The first-order valence-corrected chi connectivity index (χ1v) is 16.8. The monoisotopic (exact) mass is 634 g/mol. The number of benzene rings is 7. The van der Waals surface area contributed by atoms with E-state index in [1.807, 2.05) is 47.7 Å². The van der Waals surface area contributed by atoms with Gasteiger partial charge in [-0.2, -0.15) is 0 Å². The molecule has 0 saturated carbocycles. The van der Waals surface area contributed by atoms with E-state index in [4.69, 9.17) is 13.8 Å². The zero-order valence-electron chi connectivity index (χ0n) is 25.6. The van der Waals surface area contributed by atoms with Crippen LogP contribution in [0, 0.1) is 0 Å². The van der Waals surface area contributed by atoms with Crippen molar-refractivity contribution in [1.29, 1.82) is 0 Å². The minimum absolute atomic E-state index is 0.602. The average molecular weight is 635 g/mol. The molecule has 10 aromatic rings. The largest absolute Gasteiger partial charge is 0.456 e. The highest BCUT2D eigenvalue weighted by atomic mass is 32.1. The van der Waals surface area contributed by atoms with Crippen molar-refractivity contribution < 1.29 is 8.83 Å². The van der Waals surface area contributed by atoms with Crippen LogP contribution in [0.1, 0.15) is 0 Å². The number of furan rings is 1. The molecule has 0 N–H and O–H groups in total. The van der Waals surface area contributed by atoms with Gasteiger partial charge in [0.15, 0.2) is 5.58 Å². The van der Waals surface area contributed by atoms with Crippen molar-refractivity contribution in [3.8, 4) is 22.6 Å². The molecule has 10 rings (SSSR count). The number of oxazole rings is 1. The number of aromatic nitrogens is 1. The lowest BCUT2D eigenvalue weighted by Gasteiger charge is -2.25. The molecule has 0 spiro atoms. The Morgan fingerprint density at radius 1 is 0.458 bits per heavy atom. The van der Waals surface area contributed by atoms with Gasteiger partial charge >= 0.3 is 0 Å². The fraction of sp³-hybridized carbons (Fsp3) is 0. The lowest BCUT2D eigenvalue weighted by atomic mass is 10.0. The summed E-state index contributed by atoms with van der Waals surface area (Å²) in [4.78, 5) is 7.11. The molecule has 0 bridgehead atoms. The second kappa shape index (κ2) is 10.7. The van der Waals surface area contributed by atoms with Gasteiger partial charge in [0, 0.05) is 59.6 Å². The quantitative estimate of drug-likeness (QED) is 0.189. The standard InChI is InChI=1S/C43H26N2O2S/c1-3-10-28(11-4-1)43-44-37-25-36-35-24-31(22-23-38(35)46-39(36)26-40(37)47-43)45(29-12-5-2-6-13-29)30-20-18-27(19-21-30)32-15-9-16-34-33-14-7-8-17-41(33)48-42(32)34/h1-26H. The van der Waals surface area contributed by atoms with Crippen molar-refractivity contribution in [2.45, 2.75) is 0 Å². The van der Waals surface area contributed by atoms with E-state index in [9.17, 15) is 0 Å². The van der Waals surface area contributed by atoms with E-state index in [0.29, 0.717) is 11.5 Å². The summed E-state index contributed by atoms with van der Waals surface area (Å²) in [5.74, 6) is 0.602. The zero-order valence-corrected chi connectivity index (χ0v) is 26.4. The Morgan fingerprint density at radius 3 is 2.02 bits per heavy atom. The molecule has 3 heterocycles. The van der Waals surface area contributed by atoms with E-state index >= 15 is 0 Å². The van der Waals surface area contributed by atoms with Crippen LogP contribution in [0.3, 0.4) is 0 Å². The number of nitrogens with zero attached hydrogens (tertiary/aromatic N) is 2. The molecule has 4 nitrogen and oxygen atoms in total. The molecule has 0 radical (unpaired) electrons. The SMILES string of the molecule is c1ccc(-c2nc3cc4c(cc3o2)oc2ccc(N(c3ccccc3)c3ccc(-c5cccc6c5sc5ccccc56)cc3)cc24)cc1. The lowest BCUT2D eigenvalue weighted by Crippen LogP contribution is -2.09. The third kappa shape index (κ3) is 4.33. The van der Waals surface area contributed by atoms with Crippen LogP contribution < -0.4 is 4.90 Å². The van der Waals surface area contributed by atoms with E-state index < -0.39 is 0 Å². The topological polar surface area (TPSA) is 42.4 Å². The maximum Gasteiger partial charge on any atom is 0.227 e. The summed E-state index contributed by atoms with van der Waals surface area (Å²) in [6, 6.07) is 55.1. The van der Waals surface area contributed by atoms with Crippen molar-refractivity contribution in [1.82, 2.24) is 4.98 Å². The summed E-state index contributed by atoms with van der Waals surface area (Å²) in [6.07, 6.45) is 0. The van der Waals surface area contributed by atoms with Gasteiger partial charge in [-0.25, -0.2) is 4.98 Å². The maximum atomic E-state index is 6.34. The molecule has 0 saturated heterocycles. The van der Waals surface area contributed by atoms with E-state index in [1.165, 1.54) is 31.3 Å². The molecule has 3 aromatic heterocycles. The first-order valence-electron chi connectivity index (χ1n) is 15.9. The smallest absolute Gasteiger partial charge is 0.227 e. The zero-order chi connectivity index (χ0) is 31.6. The maximum absolute atomic E-state index is 6.34. The highest BCUT2D eigenvalue weighted by Gasteiger charge is 2.18. The Hall–Kier alpha value is -6.17. The van der Waals surface area contributed by atoms with Crippen LogP contribution in [0.4, 0.5) is 17.1 Å². The number of anilines is 3. The minimum Gasteiger partial charge on any atom is -0.456 e. The summed E-state index contributed by atoms with van der Waals surface area (Å²) in [5.41, 5.74) is 9.71. The third-order valence-electron chi connectivity index (χ3n) is 9.10. The van der Waals surface area contributed by atoms with E-state index in [-0.39, 0.29) is 0 Å². The molecule has 0 fully saturated rings. The van der Waals surface area contributed by atoms with Crippen LogP contribution in [0.15, 0.2) is 167 Å². The van der Waals surface area contributed by atoms with Crippen molar-refractivity contribution in [3.05, 3.63) is 158 Å². The van der Waals surface area contributed by atoms with Crippen LogP contribution in [0.25, 0.3) is 75.8 Å². The number of para-hydroxylation sites is 1. The third-order valence-corrected chi connectivity index (χ3v) is 10.3. The van der Waals surface area contributed by atoms with E-state index in [2.05, 4.69) is 126 Å². The van der Waals surface area contributed by atoms with Crippen molar-refractivity contribution in [2.75, 3.05) is 4.90 Å². The summed E-state index contributed by atoms with van der Waals surface area (Å²) in [6.45, 7) is 0. The summed E-state index contributed by atoms with van der Waals surface area (Å²) >= 11 is 1.86. The predicted molar refractivity (Wildman–Crippen MR) is 200 cm³/mol. The summed E-state index contributed by atoms with van der Waals surface area (Å²) in [7, 11) is 0. The summed E-state index contributed by atoms with van der Waals surface area (Å²) < 4.78 is 15.1. The molecule has 0 aliphatic heterocycles. The van der Waals surface area contributed by atoms with Crippen LogP contribution in [-0.4, -0.2) is 4.98 Å². The molecule has 48 heavy (non-hydrogen) atoms. The molecule has 0 atom stereocenters. The van der Waals surface area contributed by atoms with Gasteiger partial charge in [-0.1, -0.05) is 84.9 Å². The normalized spacial score (nSPS) is 11.8. The fourth-order valence-electron chi connectivity index (χ4n) is 6.82. The van der Waals surface area contributed by atoms with Gasteiger partial charge in [-0.15, -0.1) is 11.3 Å². The number of rotatable bonds is 5. The van der Waals surface area contributed by atoms with E-state index in [0.717, 1.165) is 50.1 Å². The Balaban J connectivity index is 1.08. The van der Waals surface area contributed by atoms with Gasteiger partial charge in [-0.05, 0) is 77.9 Å². The molecule has 0 unspecified atom stereocenters. The Kier molecular flexibility index (Phi) is 6.01. The molecule has 0 aliphatic carbocycles. The van der Waals surface area contributed by atoms with E-state index in [1.54, 1.807) is 0 Å². The van der Waals surface area contributed by atoms with Crippen LogP contribution in [-0.2, 0) is 0 Å². The van der Waals surface area contributed by atoms with Gasteiger partial charge in [0.25, 0.3) is 0 Å². The number of hydrogen-bond acceptors (Lipinski definition) is 5. The van der Waals surface area contributed by atoms with Crippen LogP contribution in [0.2, 0.25) is 0 Å². The highest BCUT2D eigenvalue weighted by Crippen LogP contribution is 2.43. The second-order valence-corrected chi connectivity index (χ2v) is 13.0. The minimum atomic E-state index is 0.602. The van der Waals surface area contributed by atoms with Gasteiger partial charge in [0.1, 0.15) is 16.7 Å². The Bertz CT molecular complexity index is 2780. The number of thiophene rings is 1. The molecule has 5 heteroatoms. The summed E-state index contributed by atoms with van der Waals surface area (Å²) in [5, 5.41) is 4.66. The van der Waals surface area contributed by atoms with Crippen LogP contribution >= 0.6 is 11.3 Å². The highest BCUT2D eigenvalue weighted by molar-refractivity contribution is 7.26. The molecular weight excluding hydrogens is 609 g/mol. The van der Waals surface area contributed by atoms with Gasteiger partial charge < -0.3 is 13.7 Å². The molecule has 0 amide bonds. The first kappa shape index (κ1) is 27.0. The Morgan fingerprint density at radius 2 is 1.17 bits per heavy atom. The molecule has 0 aliphatic rings. The first-order chi connectivity index (χ1) is 23.8. The van der Waals surface area contributed by atoms with Gasteiger partial charge in [0.05, 0.1) is 0 Å². The average Bonchev–Trinajstić information content (AvgIpc) is 3.85. The lowest BCUT2D eigenvalue weighted by molar-refractivity contribution is 0.617. The van der Waals surface area contributed by atoms with Crippen LogP contribution in [0.5, 0.6) is 0 Å². The molecular formula is C43H26N2O2S. The number of hydrogen-bond donors (Lipinski definition) is 0. The Labute approximate surface area is 279 Å². The van der Waals surface area contributed by atoms with Crippen molar-refractivity contribution in [2.24, 2.45) is 0 Å². The fourth-order valence-corrected chi connectivity index (χ4v) is 8.06. The van der Waals surface area contributed by atoms with Gasteiger partial charge in [0.2, 0.25) is 5.89 Å².